The molecule has 0 aliphatic rings. The van der Waals surface area contributed by atoms with Crippen molar-refractivity contribution >= 4 is 9.84 Å². The van der Waals surface area contributed by atoms with Crippen LogP contribution in [0.2, 0.25) is 0 Å². The van der Waals surface area contributed by atoms with Gasteiger partial charge in [-0.25, -0.2) is 12.8 Å². The van der Waals surface area contributed by atoms with Crippen LogP contribution in [0, 0.1) is 5.82 Å². The zero-order chi connectivity index (χ0) is 16.3. The number of rotatable bonds is 6. The Morgan fingerprint density at radius 2 is 1.90 bits per heavy atom. The van der Waals surface area contributed by atoms with Gasteiger partial charge >= 0.3 is 6.18 Å². The second-order valence-electron chi connectivity index (χ2n) is 4.85. The van der Waals surface area contributed by atoms with Crippen LogP contribution in [0.4, 0.5) is 17.6 Å². The van der Waals surface area contributed by atoms with Crippen LogP contribution in [0.15, 0.2) is 18.2 Å². The van der Waals surface area contributed by atoms with E-state index in [9.17, 15) is 26.0 Å². The summed E-state index contributed by atoms with van der Waals surface area (Å²) < 4.78 is 73.3. The van der Waals surface area contributed by atoms with E-state index in [1.807, 2.05) is 0 Å². The molecule has 0 aliphatic heterocycles. The Kier molecular flexibility index (Phi) is 5.75. The summed E-state index contributed by atoms with van der Waals surface area (Å²) in [5, 5.41) is 2.82. The van der Waals surface area contributed by atoms with E-state index in [1.54, 1.807) is 7.05 Å². The minimum absolute atomic E-state index is 0.0432. The Hall–Kier alpha value is -1.15. The maximum absolute atomic E-state index is 13.2. The lowest BCUT2D eigenvalue weighted by molar-refractivity contribution is -0.140. The molecular formula is C13H17F4NO2S. The highest BCUT2D eigenvalue weighted by Crippen LogP contribution is 2.33. The molecule has 1 aromatic carbocycles. The maximum atomic E-state index is 13.2. The molecule has 1 aromatic rings. The summed E-state index contributed by atoms with van der Waals surface area (Å²) in [4.78, 5) is 0. The molecule has 0 bridgehead atoms. The van der Waals surface area contributed by atoms with Gasteiger partial charge in [0.05, 0.1) is 5.56 Å². The molecule has 3 nitrogen and oxygen atoms in total. The van der Waals surface area contributed by atoms with Crippen LogP contribution >= 0.6 is 0 Å². The van der Waals surface area contributed by atoms with Crippen LogP contribution in [0.1, 0.15) is 30.0 Å². The highest BCUT2D eigenvalue weighted by Gasteiger charge is 2.34. The smallest absolute Gasteiger partial charge is 0.313 e. The summed E-state index contributed by atoms with van der Waals surface area (Å²) >= 11 is 0. The van der Waals surface area contributed by atoms with Crippen LogP contribution in [-0.2, 0) is 16.0 Å². The van der Waals surface area contributed by atoms with Crippen molar-refractivity contribution in [2.75, 3.05) is 19.1 Å². The molecule has 1 atom stereocenters. The van der Waals surface area contributed by atoms with Gasteiger partial charge in [-0.15, -0.1) is 0 Å². The van der Waals surface area contributed by atoms with Crippen molar-refractivity contribution in [3.8, 4) is 0 Å². The van der Waals surface area contributed by atoms with Gasteiger partial charge in [0.2, 0.25) is 0 Å². The Labute approximate surface area is 121 Å². The van der Waals surface area contributed by atoms with Crippen LogP contribution in [-0.4, -0.2) is 27.5 Å². The van der Waals surface area contributed by atoms with Gasteiger partial charge in [0.1, 0.15) is 15.7 Å². The predicted molar refractivity (Wildman–Crippen MR) is 72.1 cm³/mol. The standard InChI is InChI=1S/C13H17F4NO2S/c1-18-12(4-3-7-21(2,19)20)9-5-6-11(14)10(8-9)13(15,16)17/h5-6,8,12,18H,3-4,7H2,1-2H3. The summed E-state index contributed by atoms with van der Waals surface area (Å²) in [6.07, 6.45) is -3.01. The maximum Gasteiger partial charge on any atom is 0.419 e. The highest BCUT2D eigenvalue weighted by atomic mass is 32.2. The van der Waals surface area contributed by atoms with E-state index in [-0.39, 0.29) is 11.3 Å². The molecule has 0 fully saturated rings. The van der Waals surface area contributed by atoms with Gasteiger partial charge in [0.25, 0.3) is 0 Å². The first-order valence-corrected chi connectivity index (χ1v) is 8.32. The Balaban J connectivity index is 2.91. The number of hydrogen-bond donors (Lipinski definition) is 1. The molecule has 1 rings (SSSR count). The third-order valence-electron chi connectivity index (χ3n) is 3.05. The lowest BCUT2D eigenvalue weighted by atomic mass is 10.00. The van der Waals surface area contributed by atoms with Gasteiger partial charge in [-0.1, -0.05) is 6.07 Å². The van der Waals surface area contributed by atoms with Gasteiger partial charge in [-0.2, -0.15) is 13.2 Å². The second-order valence-corrected chi connectivity index (χ2v) is 7.11. The molecule has 0 aromatic heterocycles. The van der Waals surface area contributed by atoms with E-state index < -0.39 is 33.4 Å². The first-order valence-electron chi connectivity index (χ1n) is 6.26. The molecule has 0 aliphatic carbocycles. The first-order chi connectivity index (χ1) is 9.54. The van der Waals surface area contributed by atoms with E-state index in [0.29, 0.717) is 12.8 Å². The molecule has 0 saturated carbocycles. The zero-order valence-corrected chi connectivity index (χ0v) is 12.5. The summed E-state index contributed by atoms with van der Waals surface area (Å²) in [5.41, 5.74) is -1.04. The summed E-state index contributed by atoms with van der Waals surface area (Å²) in [7, 11) is -1.56. The van der Waals surface area contributed by atoms with E-state index in [2.05, 4.69) is 5.32 Å². The van der Waals surface area contributed by atoms with Gasteiger partial charge in [0, 0.05) is 18.1 Å². The van der Waals surface area contributed by atoms with E-state index in [0.717, 1.165) is 18.4 Å². The second kappa shape index (κ2) is 6.74. The largest absolute Gasteiger partial charge is 0.419 e. The molecule has 21 heavy (non-hydrogen) atoms. The average Bonchev–Trinajstić information content (AvgIpc) is 2.33. The van der Waals surface area contributed by atoms with Gasteiger partial charge in [0.15, 0.2) is 0 Å². The minimum Gasteiger partial charge on any atom is -0.313 e. The number of alkyl halides is 3. The van der Waals surface area contributed by atoms with Crippen LogP contribution in [0.5, 0.6) is 0 Å². The Morgan fingerprint density at radius 3 is 2.38 bits per heavy atom. The molecule has 120 valence electrons. The summed E-state index contributed by atoms with van der Waals surface area (Å²) in [5.74, 6) is -1.37. The molecule has 0 saturated heterocycles. The molecule has 8 heteroatoms. The van der Waals surface area contributed by atoms with Crippen molar-refractivity contribution in [2.24, 2.45) is 0 Å². The van der Waals surface area contributed by atoms with Gasteiger partial charge in [-0.3, -0.25) is 0 Å². The average molecular weight is 327 g/mol. The molecule has 1 unspecified atom stereocenters. The fourth-order valence-electron chi connectivity index (χ4n) is 2.00. The quantitative estimate of drug-likeness (QED) is 0.817. The first kappa shape index (κ1) is 17.9. The molecule has 0 radical (unpaired) electrons. The fourth-order valence-corrected chi connectivity index (χ4v) is 2.70. The lowest BCUT2D eigenvalue weighted by Crippen LogP contribution is -2.19. The molecular weight excluding hydrogens is 310 g/mol. The number of nitrogens with one attached hydrogen (secondary N) is 1. The SMILES string of the molecule is CNC(CCCS(C)(=O)=O)c1ccc(F)c(C(F)(F)F)c1. The van der Waals surface area contributed by atoms with Crippen LogP contribution < -0.4 is 5.32 Å². The molecule has 0 spiro atoms. The summed E-state index contributed by atoms with van der Waals surface area (Å²) in [6, 6.07) is 2.34. The third kappa shape index (κ3) is 5.62. The van der Waals surface area contributed by atoms with Crippen molar-refractivity contribution in [1.82, 2.24) is 5.32 Å². The van der Waals surface area contributed by atoms with E-state index in [1.165, 1.54) is 6.07 Å². The minimum atomic E-state index is -4.76. The van der Waals surface area contributed by atoms with Crippen LogP contribution in [0.3, 0.4) is 0 Å². The Bertz CT molecular complexity index is 584. The zero-order valence-electron chi connectivity index (χ0n) is 11.7. The predicted octanol–water partition coefficient (Wildman–Crippen LogP) is 2.93. The van der Waals surface area contributed by atoms with Crippen molar-refractivity contribution in [3.63, 3.8) is 0 Å². The highest BCUT2D eigenvalue weighted by molar-refractivity contribution is 7.90. The lowest BCUT2D eigenvalue weighted by Gasteiger charge is -2.18. The van der Waals surface area contributed by atoms with Gasteiger partial charge in [-0.05, 0) is 37.6 Å². The van der Waals surface area contributed by atoms with Gasteiger partial charge < -0.3 is 5.32 Å². The van der Waals surface area contributed by atoms with E-state index >= 15 is 0 Å². The van der Waals surface area contributed by atoms with Crippen molar-refractivity contribution in [2.45, 2.75) is 25.1 Å². The fraction of sp³-hybridized carbons (Fsp3) is 0.538. The third-order valence-corrected chi connectivity index (χ3v) is 4.08. The van der Waals surface area contributed by atoms with Crippen molar-refractivity contribution in [1.29, 1.82) is 0 Å². The Morgan fingerprint density at radius 1 is 1.29 bits per heavy atom. The van der Waals surface area contributed by atoms with E-state index in [4.69, 9.17) is 0 Å². The topological polar surface area (TPSA) is 46.2 Å². The molecule has 0 heterocycles. The van der Waals surface area contributed by atoms with Crippen molar-refractivity contribution in [3.05, 3.63) is 35.1 Å². The number of halogens is 4. The number of benzene rings is 1. The number of sulfone groups is 1. The molecule has 1 N–H and O–H groups in total. The molecule has 0 amide bonds. The van der Waals surface area contributed by atoms with Crippen LogP contribution in [0.25, 0.3) is 0 Å². The normalized spacial score (nSPS) is 14.2. The number of hydrogen-bond acceptors (Lipinski definition) is 3. The van der Waals surface area contributed by atoms with Crippen molar-refractivity contribution < 1.29 is 26.0 Å². The summed E-state index contributed by atoms with van der Waals surface area (Å²) in [6.45, 7) is 0. The monoisotopic (exact) mass is 327 g/mol.